The van der Waals surface area contributed by atoms with E-state index >= 15 is 0 Å². The predicted octanol–water partition coefficient (Wildman–Crippen LogP) is 4.16. The SMILES string of the molecule is OC(COCC(c1ccccc1)c1ccccc1)CN1CCN(c2ccccc2F)CC1. The summed E-state index contributed by atoms with van der Waals surface area (Å²) in [7, 11) is 0. The first-order chi connectivity index (χ1) is 15.7. The highest BCUT2D eigenvalue weighted by Crippen LogP contribution is 2.25. The summed E-state index contributed by atoms with van der Waals surface area (Å²) in [5.41, 5.74) is 3.07. The van der Waals surface area contributed by atoms with E-state index in [-0.39, 0.29) is 11.7 Å². The Labute approximate surface area is 189 Å². The van der Waals surface area contributed by atoms with E-state index in [0.717, 1.165) is 26.2 Å². The maximum Gasteiger partial charge on any atom is 0.146 e. The van der Waals surface area contributed by atoms with Crippen LogP contribution in [-0.2, 0) is 4.74 Å². The molecule has 32 heavy (non-hydrogen) atoms. The van der Waals surface area contributed by atoms with Crippen LogP contribution in [0.25, 0.3) is 0 Å². The van der Waals surface area contributed by atoms with Crippen molar-refractivity contribution in [1.29, 1.82) is 0 Å². The molecule has 1 atom stereocenters. The number of β-amino-alcohol motifs (C(OH)–C–C–N with tert-alkyl or cyclic N) is 1. The lowest BCUT2D eigenvalue weighted by Crippen LogP contribution is -2.49. The van der Waals surface area contributed by atoms with Crippen LogP contribution in [0.3, 0.4) is 0 Å². The van der Waals surface area contributed by atoms with Gasteiger partial charge in [-0.3, -0.25) is 4.90 Å². The van der Waals surface area contributed by atoms with Gasteiger partial charge in [0.25, 0.3) is 0 Å². The third kappa shape index (κ3) is 5.94. The van der Waals surface area contributed by atoms with Gasteiger partial charge in [-0.25, -0.2) is 4.39 Å². The highest BCUT2D eigenvalue weighted by atomic mass is 19.1. The lowest BCUT2D eigenvalue weighted by molar-refractivity contribution is 0.0135. The van der Waals surface area contributed by atoms with E-state index in [2.05, 4.69) is 34.1 Å². The molecular weight excluding hydrogens is 403 g/mol. The zero-order valence-electron chi connectivity index (χ0n) is 18.3. The van der Waals surface area contributed by atoms with E-state index in [1.54, 1.807) is 6.07 Å². The van der Waals surface area contributed by atoms with Crippen molar-refractivity contribution in [3.63, 3.8) is 0 Å². The number of benzene rings is 3. The fraction of sp³-hybridized carbons (Fsp3) is 0.333. The minimum Gasteiger partial charge on any atom is -0.389 e. The largest absolute Gasteiger partial charge is 0.389 e. The third-order valence-electron chi connectivity index (χ3n) is 6.03. The lowest BCUT2D eigenvalue weighted by atomic mass is 9.92. The van der Waals surface area contributed by atoms with Crippen LogP contribution in [-0.4, -0.2) is 62.0 Å². The number of halogens is 1. The summed E-state index contributed by atoms with van der Waals surface area (Å²) in [4.78, 5) is 4.29. The number of piperazine rings is 1. The molecule has 5 heteroatoms. The van der Waals surface area contributed by atoms with E-state index < -0.39 is 6.10 Å². The van der Waals surface area contributed by atoms with Gasteiger partial charge in [0.15, 0.2) is 0 Å². The second kappa shape index (κ2) is 11.2. The molecule has 3 aromatic rings. The molecular formula is C27H31FN2O2. The summed E-state index contributed by atoms with van der Waals surface area (Å²) in [5, 5.41) is 10.5. The Kier molecular flexibility index (Phi) is 7.88. The Bertz CT molecular complexity index is 907. The maximum absolute atomic E-state index is 14.0. The summed E-state index contributed by atoms with van der Waals surface area (Å²) >= 11 is 0. The molecule has 1 aliphatic heterocycles. The van der Waals surface area contributed by atoms with E-state index in [9.17, 15) is 9.50 Å². The third-order valence-corrected chi connectivity index (χ3v) is 6.03. The van der Waals surface area contributed by atoms with Crippen LogP contribution in [0.5, 0.6) is 0 Å². The van der Waals surface area contributed by atoms with Crippen LogP contribution < -0.4 is 4.90 Å². The summed E-state index contributed by atoms with van der Waals surface area (Å²) < 4.78 is 20.0. The number of hydrogen-bond donors (Lipinski definition) is 1. The van der Waals surface area contributed by atoms with Crippen molar-refractivity contribution in [1.82, 2.24) is 4.90 Å². The molecule has 0 radical (unpaired) electrons. The van der Waals surface area contributed by atoms with Gasteiger partial charge in [0.05, 0.1) is 25.0 Å². The molecule has 0 aliphatic carbocycles. The number of rotatable bonds is 9. The van der Waals surface area contributed by atoms with Gasteiger partial charge in [0.1, 0.15) is 5.82 Å². The molecule has 4 nitrogen and oxygen atoms in total. The number of ether oxygens (including phenoxy) is 1. The zero-order chi connectivity index (χ0) is 22.2. The molecule has 3 aromatic carbocycles. The van der Waals surface area contributed by atoms with Crippen molar-refractivity contribution >= 4 is 5.69 Å². The molecule has 0 bridgehead atoms. The minimum absolute atomic E-state index is 0.133. The highest BCUT2D eigenvalue weighted by Gasteiger charge is 2.21. The predicted molar refractivity (Wildman–Crippen MR) is 127 cm³/mol. The van der Waals surface area contributed by atoms with Gasteiger partial charge in [-0.15, -0.1) is 0 Å². The van der Waals surface area contributed by atoms with E-state index in [1.165, 1.54) is 17.2 Å². The molecule has 1 heterocycles. The first kappa shape index (κ1) is 22.5. The first-order valence-electron chi connectivity index (χ1n) is 11.3. The Hall–Kier alpha value is -2.73. The van der Waals surface area contributed by atoms with Gasteiger partial charge in [0.2, 0.25) is 0 Å². The molecule has 1 unspecified atom stereocenters. The molecule has 1 saturated heterocycles. The van der Waals surface area contributed by atoms with E-state index in [1.807, 2.05) is 48.5 Å². The lowest BCUT2D eigenvalue weighted by Gasteiger charge is -2.37. The number of para-hydroxylation sites is 1. The van der Waals surface area contributed by atoms with Crippen molar-refractivity contribution in [3.05, 3.63) is 102 Å². The topological polar surface area (TPSA) is 35.9 Å². The van der Waals surface area contributed by atoms with Gasteiger partial charge in [-0.2, -0.15) is 0 Å². The molecule has 0 aromatic heterocycles. The van der Waals surface area contributed by atoms with Gasteiger partial charge < -0.3 is 14.7 Å². The van der Waals surface area contributed by atoms with Crippen molar-refractivity contribution in [2.45, 2.75) is 12.0 Å². The summed E-state index contributed by atoms with van der Waals surface area (Å²) in [6, 6.07) is 27.6. The molecule has 0 saturated carbocycles. The smallest absolute Gasteiger partial charge is 0.146 e. The quantitative estimate of drug-likeness (QED) is 0.549. The van der Waals surface area contributed by atoms with Crippen LogP contribution in [0.15, 0.2) is 84.9 Å². The van der Waals surface area contributed by atoms with Gasteiger partial charge in [0, 0.05) is 38.6 Å². The van der Waals surface area contributed by atoms with Crippen LogP contribution in [0.1, 0.15) is 17.0 Å². The van der Waals surface area contributed by atoms with Gasteiger partial charge in [-0.1, -0.05) is 72.8 Å². The Morgan fingerprint density at radius 2 is 1.31 bits per heavy atom. The molecule has 0 spiro atoms. The van der Waals surface area contributed by atoms with Crippen molar-refractivity contribution in [3.8, 4) is 0 Å². The standard InChI is InChI=1S/C27H31FN2O2/c28-26-13-7-8-14-27(26)30-17-15-29(16-18-30)19-24(31)20-32-21-25(22-9-3-1-4-10-22)23-11-5-2-6-12-23/h1-14,24-25,31H,15-21H2. The van der Waals surface area contributed by atoms with E-state index in [0.29, 0.717) is 25.4 Å². The average Bonchev–Trinajstić information content (AvgIpc) is 2.84. The van der Waals surface area contributed by atoms with E-state index in [4.69, 9.17) is 4.74 Å². The van der Waals surface area contributed by atoms with Crippen molar-refractivity contribution in [2.24, 2.45) is 0 Å². The van der Waals surface area contributed by atoms with Crippen molar-refractivity contribution in [2.75, 3.05) is 50.8 Å². The number of anilines is 1. The first-order valence-corrected chi connectivity index (χ1v) is 11.3. The Morgan fingerprint density at radius 3 is 1.91 bits per heavy atom. The van der Waals surface area contributed by atoms with Crippen LogP contribution in [0.4, 0.5) is 10.1 Å². The molecule has 4 rings (SSSR count). The summed E-state index contributed by atoms with van der Waals surface area (Å²) in [6.45, 7) is 4.46. The van der Waals surface area contributed by atoms with Gasteiger partial charge in [-0.05, 0) is 23.3 Å². The van der Waals surface area contributed by atoms with Gasteiger partial charge >= 0.3 is 0 Å². The highest BCUT2D eigenvalue weighted by molar-refractivity contribution is 5.48. The average molecular weight is 435 g/mol. The maximum atomic E-state index is 14.0. The number of nitrogens with zero attached hydrogens (tertiary/aromatic N) is 2. The normalized spacial score (nSPS) is 15.8. The second-order valence-corrected chi connectivity index (χ2v) is 8.30. The van der Waals surface area contributed by atoms with Crippen molar-refractivity contribution < 1.29 is 14.2 Å². The molecule has 1 aliphatic rings. The van der Waals surface area contributed by atoms with Crippen LogP contribution >= 0.6 is 0 Å². The Morgan fingerprint density at radius 1 is 0.750 bits per heavy atom. The zero-order valence-corrected chi connectivity index (χ0v) is 18.3. The molecule has 168 valence electrons. The summed E-state index contributed by atoms with van der Waals surface area (Å²) in [6.07, 6.45) is -0.554. The fourth-order valence-electron chi connectivity index (χ4n) is 4.31. The molecule has 1 N–H and O–H groups in total. The molecule has 0 amide bonds. The fourth-order valence-corrected chi connectivity index (χ4v) is 4.31. The molecule has 1 fully saturated rings. The number of hydrogen-bond acceptors (Lipinski definition) is 4. The Balaban J connectivity index is 1.25. The number of aliphatic hydroxyl groups excluding tert-OH is 1. The second-order valence-electron chi connectivity index (χ2n) is 8.30. The minimum atomic E-state index is -0.554. The monoisotopic (exact) mass is 434 g/mol. The van der Waals surface area contributed by atoms with Crippen LogP contribution in [0, 0.1) is 5.82 Å². The van der Waals surface area contributed by atoms with Crippen LogP contribution in [0.2, 0.25) is 0 Å². The number of aliphatic hydroxyl groups is 1. The summed E-state index contributed by atoms with van der Waals surface area (Å²) in [5.74, 6) is -0.0466.